The molecule has 0 fully saturated rings. The van der Waals surface area contributed by atoms with E-state index in [1.54, 1.807) is 30.3 Å². The molecule has 3 N–H and O–H groups in total. The summed E-state index contributed by atoms with van der Waals surface area (Å²) in [5.74, 6) is -0.0552. The van der Waals surface area contributed by atoms with Crippen molar-refractivity contribution in [3.8, 4) is 11.5 Å². The van der Waals surface area contributed by atoms with Crippen LogP contribution in [-0.4, -0.2) is 28.8 Å². The Labute approximate surface area is 185 Å². The average molecular weight is 454 g/mol. The van der Waals surface area contributed by atoms with Crippen LogP contribution in [0.4, 0.5) is 18.9 Å². The summed E-state index contributed by atoms with van der Waals surface area (Å²) in [7, 11) is 1.50. The lowest BCUT2D eigenvalue weighted by atomic mass is 10.1. The predicted octanol–water partition coefficient (Wildman–Crippen LogP) is 4.99. The normalized spacial score (nSPS) is 11.3. The van der Waals surface area contributed by atoms with Crippen molar-refractivity contribution in [1.82, 2.24) is 15.3 Å². The lowest BCUT2D eigenvalue weighted by Crippen LogP contribution is -2.18. The summed E-state index contributed by atoms with van der Waals surface area (Å²) in [4.78, 5) is 31.1. The largest absolute Gasteiger partial charge is 0.457 e. The minimum Gasteiger partial charge on any atom is -0.457 e. The van der Waals surface area contributed by atoms with Crippen LogP contribution in [0.25, 0.3) is 10.9 Å². The van der Waals surface area contributed by atoms with E-state index in [4.69, 9.17) is 4.74 Å². The number of benzene rings is 2. The molecule has 0 spiro atoms. The summed E-state index contributed by atoms with van der Waals surface area (Å²) in [5, 5.41) is 5.31. The third-order valence-electron chi connectivity index (χ3n) is 4.79. The summed E-state index contributed by atoms with van der Waals surface area (Å²) in [6, 6.07) is 12.7. The Kier molecular flexibility index (Phi) is 5.74. The van der Waals surface area contributed by atoms with Gasteiger partial charge in [0.25, 0.3) is 11.8 Å². The molecule has 2 amide bonds. The fourth-order valence-electron chi connectivity index (χ4n) is 3.15. The molecule has 0 saturated carbocycles. The molecule has 2 aromatic heterocycles. The van der Waals surface area contributed by atoms with Crippen molar-refractivity contribution in [3.63, 3.8) is 0 Å². The zero-order valence-electron chi connectivity index (χ0n) is 17.2. The number of alkyl halides is 3. The topological polar surface area (TPSA) is 96.1 Å². The Morgan fingerprint density at radius 1 is 0.970 bits per heavy atom. The Bertz CT molecular complexity index is 1330. The lowest BCUT2D eigenvalue weighted by Gasteiger charge is -2.09. The third-order valence-corrected chi connectivity index (χ3v) is 4.79. The van der Waals surface area contributed by atoms with E-state index >= 15 is 0 Å². The average Bonchev–Trinajstić information content (AvgIpc) is 3.23. The molecule has 4 aromatic rings. The molecule has 4 rings (SSSR count). The van der Waals surface area contributed by atoms with Crippen molar-refractivity contribution in [2.75, 3.05) is 12.4 Å². The number of rotatable bonds is 5. The van der Waals surface area contributed by atoms with Gasteiger partial charge >= 0.3 is 6.18 Å². The zero-order chi connectivity index (χ0) is 23.6. The standard InChI is InChI=1S/C23H17F3N4O3/c1-27-22(32)20-11-16(8-9-28-20)33-15-5-3-14(4-6-15)30-21(31)18-12-29-19-7-2-13(10-17(18)19)23(24,25)26/h2-12,29H,1H3,(H,27,32)(H,30,31). The van der Waals surface area contributed by atoms with Crippen LogP contribution >= 0.6 is 0 Å². The number of fused-ring (bicyclic) bond motifs is 1. The van der Waals surface area contributed by atoms with Crippen LogP contribution in [0.5, 0.6) is 11.5 Å². The molecule has 2 heterocycles. The number of nitrogens with zero attached hydrogens (tertiary/aromatic N) is 1. The van der Waals surface area contributed by atoms with Gasteiger partial charge in [0.05, 0.1) is 11.1 Å². The highest BCUT2D eigenvalue weighted by atomic mass is 19.4. The molecule has 0 unspecified atom stereocenters. The molecular formula is C23H17F3N4O3. The molecule has 0 saturated heterocycles. The molecule has 0 aliphatic carbocycles. The van der Waals surface area contributed by atoms with Gasteiger partial charge in [-0.15, -0.1) is 0 Å². The van der Waals surface area contributed by atoms with Gasteiger partial charge in [0.1, 0.15) is 17.2 Å². The number of halogens is 3. The van der Waals surface area contributed by atoms with E-state index in [2.05, 4.69) is 20.6 Å². The molecule has 10 heteroatoms. The molecule has 2 aromatic carbocycles. The molecule has 7 nitrogen and oxygen atoms in total. The summed E-state index contributed by atoms with van der Waals surface area (Å²) >= 11 is 0. The molecule has 168 valence electrons. The van der Waals surface area contributed by atoms with Crippen molar-refractivity contribution in [1.29, 1.82) is 0 Å². The van der Waals surface area contributed by atoms with Crippen molar-refractivity contribution in [3.05, 3.63) is 83.8 Å². The van der Waals surface area contributed by atoms with Gasteiger partial charge in [-0.1, -0.05) is 0 Å². The SMILES string of the molecule is CNC(=O)c1cc(Oc2ccc(NC(=O)c3c[nH]c4ccc(C(F)(F)F)cc34)cc2)ccn1. The number of aromatic amines is 1. The fourth-order valence-corrected chi connectivity index (χ4v) is 3.15. The molecule has 0 aliphatic heterocycles. The van der Waals surface area contributed by atoms with E-state index in [1.807, 2.05) is 0 Å². The fraction of sp³-hybridized carbons (Fsp3) is 0.0870. The Balaban J connectivity index is 1.48. The van der Waals surface area contributed by atoms with Gasteiger partial charge in [0, 0.05) is 42.1 Å². The second-order valence-electron chi connectivity index (χ2n) is 7.00. The molecule has 33 heavy (non-hydrogen) atoms. The van der Waals surface area contributed by atoms with Gasteiger partial charge in [-0.3, -0.25) is 14.6 Å². The monoisotopic (exact) mass is 454 g/mol. The van der Waals surface area contributed by atoms with Gasteiger partial charge in [-0.05, 0) is 48.5 Å². The number of ether oxygens (including phenoxy) is 1. The van der Waals surface area contributed by atoms with Crippen LogP contribution in [0.15, 0.2) is 67.0 Å². The highest BCUT2D eigenvalue weighted by Crippen LogP contribution is 2.32. The van der Waals surface area contributed by atoms with Crippen molar-refractivity contribution in [2.24, 2.45) is 0 Å². The van der Waals surface area contributed by atoms with Crippen LogP contribution < -0.4 is 15.4 Å². The van der Waals surface area contributed by atoms with Crippen molar-refractivity contribution >= 4 is 28.4 Å². The second kappa shape index (κ2) is 8.65. The molecule has 0 radical (unpaired) electrons. The highest BCUT2D eigenvalue weighted by Gasteiger charge is 2.31. The number of amides is 2. The molecule has 0 atom stereocenters. The van der Waals surface area contributed by atoms with E-state index in [0.29, 0.717) is 22.7 Å². The molecule has 0 aliphatic rings. The number of carbonyl (C=O) groups excluding carboxylic acids is 2. The van der Waals surface area contributed by atoms with E-state index in [0.717, 1.165) is 12.1 Å². The quantitative estimate of drug-likeness (QED) is 0.396. The van der Waals surface area contributed by atoms with Crippen LogP contribution in [0.1, 0.15) is 26.4 Å². The number of anilines is 1. The summed E-state index contributed by atoms with van der Waals surface area (Å²) in [6.45, 7) is 0. The number of carbonyl (C=O) groups is 2. The third kappa shape index (κ3) is 4.79. The Hall–Kier alpha value is -4.34. The predicted molar refractivity (Wildman–Crippen MR) is 115 cm³/mol. The number of hydrogen-bond acceptors (Lipinski definition) is 4. The van der Waals surface area contributed by atoms with Gasteiger partial charge in [0.15, 0.2) is 0 Å². The summed E-state index contributed by atoms with van der Waals surface area (Å²) in [6.07, 6.45) is -1.70. The van der Waals surface area contributed by atoms with Crippen LogP contribution in [0, 0.1) is 0 Å². The first-order chi connectivity index (χ1) is 15.7. The molecule has 0 bridgehead atoms. The van der Waals surface area contributed by atoms with Crippen molar-refractivity contribution < 1.29 is 27.5 Å². The number of pyridine rings is 1. The van der Waals surface area contributed by atoms with E-state index in [-0.39, 0.29) is 22.6 Å². The van der Waals surface area contributed by atoms with Gasteiger partial charge in [-0.25, -0.2) is 0 Å². The van der Waals surface area contributed by atoms with Gasteiger partial charge in [0.2, 0.25) is 0 Å². The van der Waals surface area contributed by atoms with Gasteiger partial charge < -0.3 is 20.4 Å². The lowest BCUT2D eigenvalue weighted by molar-refractivity contribution is -0.137. The number of aromatic nitrogens is 2. The first kappa shape index (κ1) is 21.9. The zero-order valence-corrected chi connectivity index (χ0v) is 17.2. The Morgan fingerprint density at radius 2 is 1.73 bits per heavy atom. The van der Waals surface area contributed by atoms with Crippen LogP contribution in [0.3, 0.4) is 0 Å². The minimum absolute atomic E-state index is 0.0925. The first-order valence-electron chi connectivity index (χ1n) is 9.70. The maximum absolute atomic E-state index is 13.0. The van der Waals surface area contributed by atoms with Crippen LogP contribution in [-0.2, 0) is 6.18 Å². The number of H-pyrrole nitrogens is 1. The smallest absolute Gasteiger partial charge is 0.416 e. The van der Waals surface area contributed by atoms with Crippen molar-refractivity contribution in [2.45, 2.75) is 6.18 Å². The maximum Gasteiger partial charge on any atom is 0.416 e. The first-order valence-corrected chi connectivity index (χ1v) is 9.70. The maximum atomic E-state index is 13.0. The highest BCUT2D eigenvalue weighted by molar-refractivity contribution is 6.12. The van der Waals surface area contributed by atoms with E-state index < -0.39 is 17.6 Å². The second-order valence-corrected chi connectivity index (χ2v) is 7.00. The summed E-state index contributed by atoms with van der Waals surface area (Å²) < 4.78 is 44.8. The van der Waals surface area contributed by atoms with Crippen LogP contribution in [0.2, 0.25) is 0 Å². The minimum atomic E-state index is -4.51. The van der Waals surface area contributed by atoms with Gasteiger partial charge in [-0.2, -0.15) is 13.2 Å². The number of hydrogen-bond donors (Lipinski definition) is 3. The number of nitrogens with one attached hydrogen (secondary N) is 3. The van der Waals surface area contributed by atoms with E-state index in [1.165, 1.54) is 31.6 Å². The Morgan fingerprint density at radius 3 is 2.42 bits per heavy atom. The summed E-state index contributed by atoms with van der Waals surface area (Å²) in [5.41, 5.74) is 0.307. The molecular weight excluding hydrogens is 437 g/mol. The van der Waals surface area contributed by atoms with E-state index in [9.17, 15) is 22.8 Å².